The summed E-state index contributed by atoms with van der Waals surface area (Å²) in [6.45, 7) is 8.81. The molecule has 1 fully saturated rings. The van der Waals surface area contributed by atoms with Crippen LogP contribution in [0, 0.1) is 11.3 Å². The van der Waals surface area contributed by atoms with Gasteiger partial charge in [-0.3, -0.25) is 14.4 Å². The molecule has 3 aliphatic rings. The van der Waals surface area contributed by atoms with Crippen molar-refractivity contribution in [2.75, 3.05) is 13.2 Å². The van der Waals surface area contributed by atoms with Crippen molar-refractivity contribution >= 4 is 47.8 Å². The molecule has 3 aliphatic heterocycles. The standard InChI is InChI=1S/C13H24O3.C9H4O5.C8H4O3.C6H10O4.C3H8O2/c1-13(2,3)7-5-4-6-10(12(14)15)8-11-9-16-11;10-7(11)4-1-2-5-6(3-4)9(13)14-8(5)12;9-7-5-3-1-2-4-6(5)8(10)11-7;7-5(8)3-1-2-4-6(9)10;1-3(5)2-4/h10-11H,4-9H2,1-3H3,(H,14,15);1-3H,(H,10,11);1-4H;1-4H2,(H,7,8)(H,9,10);3-5H,2H2,1H3. The Labute approximate surface area is 323 Å². The number of carboxylic acid groups (broad SMARTS) is 4. The van der Waals surface area contributed by atoms with Crippen molar-refractivity contribution in [1.29, 1.82) is 0 Å². The van der Waals surface area contributed by atoms with Crippen LogP contribution in [0.25, 0.3) is 0 Å². The van der Waals surface area contributed by atoms with Gasteiger partial charge in [0, 0.05) is 12.8 Å². The van der Waals surface area contributed by atoms with Crippen molar-refractivity contribution in [2.24, 2.45) is 11.3 Å². The van der Waals surface area contributed by atoms with E-state index < -0.39 is 53.9 Å². The van der Waals surface area contributed by atoms with E-state index in [0.29, 0.717) is 35.8 Å². The van der Waals surface area contributed by atoms with Crippen LogP contribution < -0.4 is 0 Å². The molecule has 6 N–H and O–H groups in total. The molecule has 0 saturated carbocycles. The van der Waals surface area contributed by atoms with Gasteiger partial charge in [-0.1, -0.05) is 45.7 Å². The second kappa shape index (κ2) is 24.1. The van der Waals surface area contributed by atoms with Gasteiger partial charge in [0.2, 0.25) is 0 Å². The molecule has 56 heavy (non-hydrogen) atoms. The summed E-state index contributed by atoms with van der Waals surface area (Å²) in [5.74, 6) is -6.39. The number of carbonyl (C=O) groups is 8. The number of aliphatic carboxylic acids is 3. The number of hydrogen-bond acceptors (Lipinski definition) is 13. The summed E-state index contributed by atoms with van der Waals surface area (Å²) in [6.07, 6.45) is 5.48. The Morgan fingerprint density at radius 1 is 0.732 bits per heavy atom. The molecule has 0 radical (unpaired) electrons. The number of ether oxygens (including phenoxy) is 3. The van der Waals surface area contributed by atoms with Gasteiger partial charge in [0.15, 0.2) is 0 Å². The van der Waals surface area contributed by atoms with E-state index in [0.717, 1.165) is 31.9 Å². The highest BCUT2D eigenvalue weighted by atomic mass is 16.6. The summed E-state index contributed by atoms with van der Waals surface area (Å²) < 4.78 is 13.7. The third-order valence-corrected chi connectivity index (χ3v) is 7.77. The van der Waals surface area contributed by atoms with Gasteiger partial charge in [-0.2, -0.15) is 0 Å². The molecular weight excluding hydrogens is 740 g/mol. The molecular formula is C39H50O17. The minimum absolute atomic E-state index is 0.00917. The number of rotatable bonds is 14. The van der Waals surface area contributed by atoms with E-state index in [1.807, 2.05) is 0 Å². The second-order valence-corrected chi connectivity index (χ2v) is 14.0. The van der Waals surface area contributed by atoms with Gasteiger partial charge in [0.25, 0.3) is 0 Å². The van der Waals surface area contributed by atoms with Crippen molar-refractivity contribution in [2.45, 2.75) is 97.7 Å². The highest BCUT2D eigenvalue weighted by Crippen LogP contribution is 2.27. The number of aliphatic hydroxyl groups is 2. The highest BCUT2D eigenvalue weighted by molar-refractivity contribution is 6.15. The van der Waals surface area contributed by atoms with E-state index in [1.54, 1.807) is 24.3 Å². The number of fused-ring (bicyclic) bond motifs is 2. The molecule has 0 amide bonds. The third kappa shape index (κ3) is 19.7. The minimum Gasteiger partial charge on any atom is -0.481 e. The number of carbonyl (C=O) groups excluding carboxylic acids is 4. The fourth-order valence-corrected chi connectivity index (χ4v) is 4.71. The lowest BCUT2D eigenvalue weighted by Gasteiger charge is -2.18. The summed E-state index contributed by atoms with van der Waals surface area (Å²) in [4.78, 5) is 85.0. The van der Waals surface area contributed by atoms with Crippen molar-refractivity contribution < 1.29 is 83.2 Å². The number of hydrogen-bond donors (Lipinski definition) is 6. The largest absolute Gasteiger partial charge is 0.481 e. The van der Waals surface area contributed by atoms with E-state index in [9.17, 15) is 38.4 Å². The van der Waals surface area contributed by atoms with Gasteiger partial charge in [0.05, 0.1) is 59.2 Å². The number of aliphatic hydroxyl groups excluding tert-OH is 2. The van der Waals surface area contributed by atoms with Gasteiger partial charge in [-0.05, 0) is 74.8 Å². The number of esters is 4. The molecule has 5 rings (SSSR count). The van der Waals surface area contributed by atoms with E-state index in [4.69, 9.17) is 35.4 Å². The predicted molar refractivity (Wildman–Crippen MR) is 195 cm³/mol. The lowest BCUT2D eigenvalue weighted by atomic mass is 9.88. The summed E-state index contributed by atoms with van der Waals surface area (Å²) >= 11 is 0. The quantitative estimate of drug-likeness (QED) is 0.0645. The van der Waals surface area contributed by atoms with Gasteiger partial charge in [-0.25, -0.2) is 24.0 Å². The van der Waals surface area contributed by atoms with Crippen LogP contribution in [0.3, 0.4) is 0 Å². The fourth-order valence-electron chi connectivity index (χ4n) is 4.71. The van der Waals surface area contributed by atoms with Crippen LogP contribution in [0.4, 0.5) is 0 Å². The second-order valence-electron chi connectivity index (χ2n) is 14.0. The molecule has 3 heterocycles. The summed E-state index contributed by atoms with van der Waals surface area (Å²) in [5.41, 5.74) is 1.15. The Balaban J connectivity index is 0.000000363. The fraction of sp³-hybridized carbons (Fsp3) is 0.487. The molecule has 17 heteroatoms. The molecule has 0 aromatic heterocycles. The SMILES string of the molecule is CC(C)(C)CCCCC(CC1CO1)C(=O)O.CC(O)CO.O=C(O)CCCCC(=O)O.O=C(O)c1ccc2c(c1)C(=O)OC2=O.O=C1OC(=O)c2ccccc21. The summed E-state index contributed by atoms with van der Waals surface area (Å²) in [6, 6.07) is 10.2. The number of benzene rings is 2. The summed E-state index contributed by atoms with van der Waals surface area (Å²) in [7, 11) is 0. The smallest absolute Gasteiger partial charge is 0.346 e. The van der Waals surface area contributed by atoms with Gasteiger partial charge in [-0.15, -0.1) is 0 Å². The first-order chi connectivity index (χ1) is 26.2. The maximum atomic E-state index is 11.0. The zero-order valence-electron chi connectivity index (χ0n) is 31.7. The van der Waals surface area contributed by atoms with E-state index in [2.05, 4.69) is 30.2 Å². The topological polar surface area (TPSA) is 289 Å². The predicted octanol–water partition coefficient (Wildman–Crippen LogP) is 4.85. The molecule has 17 nitrogen and oxygen atoms in total. The van der Waals surface area contributed by atoms with E-state index in [-0.39, 0.29) is 48.2 Å². The Morgan fingerprint density at radius 2 is 1.18 bits per heavy atom. The van der Waals surface area contributed by atoms with E-state index >= 15 is 0 Å². The highest BCUT2D eigenvalue weighted by Gasteiger charge is 2.31. The number of unbranched alkanes of at least 4 members (excludes halogenated alkanes) is 2. The maximum Gasteiger partial charge on any atom is 0.346 e. The molecule has 1 saturated heterocycles. The Kier molecular flexibility index (Phi) is 20.9. The molecule has 0 bridgehead atoms. The minimum atomic E-state index is -1.15. The molecule has 3 atom stereocenters. The van der Waals surface area contributed by atoms with Crippen LogP contribution in [-0.2, 0) is 28.6 Å². The number of cyclic esters (lactones) is 4. The Hall–Kier alpha value is -5.52. The molecule has 3 unspecified atom stereocenters. The van der Waals surface area contributed by atoms with Gasteiger partial charge < -0.3 is 44.8 Å². The van der Waals surface area contributed by atoms with Crippen molar-refractivity contribution in [3.8, 4) is 0 Å². The van der Waals surface area contributed by atoms with E-state index in [1.165, 1.54) is 25.5 Å². The van der Waals surface area contributed by atoms with Crippen molar-refractivity contribution in [3.63, 3.8) is 0 Å². The molecule has 0 spiro atoms. The van der Waals surface area contributed by atoms with Crippen LogP contribution in [0.1, 0.15) is 137 Å². The zero-order chi connectivity index (χ0) is 42.6. The normalized spacial score (nSPS) is 15.5. The van der Waals surface area contributed by atoms with Crippen LogP contribution in [0.2, 0.25) is 0 Å². The van der Waals surface area contributed by atoms with Crippen LogP contribution >= 0.6 is 0 Å². The third-order valence-electron chi connectivity index (χ3n) is 7.77. The number of carboxylic acids is 4. The Morgan fingerprint density at radius 3 is 1.55 bits per heavy atom. The van der Waals surface area contributed by atoms with Gasteiger partial charge in [0.1, 0.15) is 0 Å². The lowest BCUT2D eigenvalue weighted by Crippen LogP contribution is -2.16. The first-order valence-corrected chi connectivity index (χ1v) is 17.7. The van der Waals surface area contributed by atoms with Crippen LogP contribution in [-0.4, -0.2) is 104 Å². The number of epoxide rings is 1. The average Bonchev–Trinajstić information content (AvgIpc) is 3.84. The first kappa shape index (κ1) is 48.5. The molecule has 0 aliphatic carbocycles. The molecule has 308 valence electrons. The first-order valence-electron chi connectivity index (χ1n) is 17.7. The van der Waals surface area contributed by atoms with Gasteiger partial charge >= 0.3 is 47.8 Å². The zero-order valence-corrected chi connectivity index (χ0v) is 31.7. The monoisotopic (exact) mass is 790 g/mol. The lowest BCUT2D eigenvalue weighted by molar-refractivity contribution is -0.142. The van der Waals surface area contributed by atoms with Crippen LogP contribution in [0.15, 0.2) is 42.5 Å². The molecule has 2 aromatic carbocycles. The van der Waals surface area contributed by atoms with Crippen LogP contribution in [0.5, 0.6) is 0 Å². The average molecular weight is 791 g/mol. The molecule has 2 aromatic rings. The van der Waals surface area contributed by atoms with Crippen molar-refractivity contribution in [3.05, 3.63) is 70.3 Å². The summed E-state index contributed by atoms with van der Waals surface area (Å²) in [5, 5.41) is 50.0. The maximum absolute atomic E-state index is 11.0. The number of aromatic carboxylic acids is 1. The van der Waals surface area contributed by atoms with Crippen molar-refractivity contribution in [1.82, 2.24) is 0 Å². The Bertz CT molecular complexity index is 1640.